The highest BCUT2D eigenvalue weighted by Gasteiger charge is 2.22. The fraction of sp³-hybridized carbons (Fsp3) is 0.261. The third-order valence-corrected chi connectivity index (χ3v) is 6.44. The summed E-state index contributed by atoms with van der Waals surface area (Å²) in [6.07, 6.45) is 4.69. The average molecular weight is 440 g/mol. The van der Waals surface area contributed by atoms with Gasteiger partial charge in [-0.2, -0.15) is 0 Å². The van der Waals surface area contributed by atoms with Gasteiger partial charge in [-0.1, -0.05) is 53.7 Å². The molecule has 154 valence electrons. The Balaban J connectivity index is 1.53. The van der Waals surface area contributed by atoms with Crippen LogP contribution >= 0.6 is 23.4 Å². The fourth-order valence-corrected chi connectivity index (χ4v) is 4.83. The lowest BCUT2D eigenvalue weighted by Gasteiger charge is -2.26. The summed E-state index contributed by atoms with van der Waals surface area (Å²) < 4.78 is 1.53. The fourth-order valence-electron chi connectivity index (χ4n) is 3.84. The molecule has 0 radical (unpaired) electrons. The first-order chi connectivity index (χ1) is 14.6. The normalized spacial score (nSPS) is 15.6. The smallest absolute Gasteiger partial charge is 0.262 e. The number of hydrogen-bond donors (Lipinski definition) is 1. The Hall–Kier alpha value is -2.57. The van der Waals surface area contributed by atoms with E-state index in [1.807, 2.05) is 12.1 Å². The molecule has 1 atom stereocenters. The molecule has 1 N–H and O–H groups in total. The SMILES string of the molecule is C=CCn1c(SCC(=O)NC2CCCc3ccccc32)nc2ccc(Cl)cc2c1=O. The minimum Gasteiger partial charge on any atom is -0.349 e. The molecule has 1 aliphatic carbocycles. The van der Waals surface area contributed by atoms with E-state index in [0.717, 1.165) is 19.3 Å². The maximum Gasteiger partial charge on any atom is 0.262 e. The third-order valence-electron chi connectivity index (χ3n) is 5.23. The summed E-state index contributed by atoms with van der Waals surface area (Å²) in [6.45, 7) is 4.04. The Kier molecular flexibility index (Phi) is 6.25. The van der Waals surface area contributed by atoms with Crippen molar-refractivity contribution >= 4 is 40.2 Å². The number of thioether (sulfide) groups is 1. The molecular weight excluding hydrogens is 418 g/mol. The Morgan fingerprint density at radius 2 is 2.17 bits per heavy atom. The largest absolute Gasteiger partial charge is 0.349 e. The van der Waals surface area contributed by atoms with Crippen LogP contribution in [0.2, 0.25) is 5.02 Å². The van der Waals surface area contributed by atoms with Crippen LogP contribution in [-0.2, 0) is 17.8 Å². The molecule has 0 fully saturated rings. The van der Waals surface area contributed by atoms with Crippen LogP contribution < -0.4 is 10.9 Å². The molecule has 0 saturated carbocycles. The molecule has 0 saturated heterocycles. The number of amides is 1. The summed E-state index contributed by atoms with van der Waals surface area (Å²) in [5.74, 6) is 0.110. The first kappa shape index (κ1) is 20.7. The lowest BCUT2D eigenvalue weighted by atomic mass is 9.88. The summed E-state index contributed by atoms with van der Waals surface area (Å²) in [6, 6.07) is 13.3. The second-order valence-corrected chi connectivity index (χ2v) is 8.64. The van der Waals surface area contributed by atoms with Crippen LogP contribution in [0.3, 0.4) is 0 Å². The van der Waals surface area contributed by atoms with Crippen LogP contribution in [0.1, 0.15) is 30.0 Å². The Labute approximate surface area is 184 Å². The van der Waals surface area contributed by atoms with Gasteiger partial charge in [0.05, 0.1) is 22.7 Å². The van der Waals surface area contributed by atoms with Crippen LogP contribution in [0, 0.1) is 0 Å². The lowest BCUT2D eigenvalue weighted by molar-refractivity contribution is -0.119. The molecule has 0 aliphatic heterocycles. The topological polar surface area (TPSA) is 64.0 Å². The second kappa shape index (κ2) is 9.06. The van der Waals surface area contributed by atoms with E-state index in [2.05, 4.69) is 29.0 Å². The monoisotopic (exact) mass is 439 g/mol. The van der Waals surface area contributed by atoms with Gasteiger partial charge in [-0.3, -0.25) is 14.2 Å². The van der Waals surface area contributed by atoms with Crippen LogP contribution in [0.5, 0.6) is 0 Å². The summed E-state index contributed by atoms with van der Waals surface area (Å²) >= 11 is 7.29. The number of nitrogens with zero attached hydrogens (tertiary/aromatic N) is 2. The van der Waals surface area contributed by atoms with Crippen molar-refractivity contribution in [2.24, 2.45) is 0 Å². The van der Waals surface area contributed by atoms with Crippen molar-refractivity contribution in [3.63, 3.8) is 0 Å². The number of benzene rings is 2. The van der Waals surface area contributed by atoms with Crippen molar-refractivity contribution in [3.05, 3.63) is 81.6 Å². The zero-order valence-electron chi connectivity index (χ0n) is 16.4. The van der Waals surface area contributed by atoms with Gasteiger partial charge in [0.25, 0.3) is 5.56 Å². The molecule has 3 aromatic rings. The molecule has 1 aliphatic rings. The Morgan fingerprint density at radius 3 is 3.00 bits per heavy atom. The van der Waals surface area contributed by atoms with Crippen LogP contribution in [0.15, 0.2) is 65.1 Å². The van der Waals surface area contributed by atoms with Gasteiger partial charge in [0.15, 0.2) is 5.16 Å². The molecule has 1 amide bonds. The quantitative estimate of drug-likeness (QED) is 0.348. The number of carbonyl (C=O) groups excluding carboxylic acids is 1. The number of halogens is 1. The molecule has 5 nitrogen and oxygen atoms in total. The number of allylic oxidation sites excluding steroid dienone is 1. The van der Waals surface area contributed by atoms with E-state index in [1.54, 1.807) is 24.3 Å². The van der Waals surface area contributed by atoms with Gasteiger partial charge >= 0.3 is 0 Å². The average Bonchev–Trinajstić information content (AvgIpc) is 2.75. The predicted molar refractivity (Wildman–Crippen MR) is 122 cm³/mol. The maximum atomic E-state index is 12.9. The Morgan fingerprint density at radius 1 is 1.33 bits per heavy atom. The maximum absolute atomic E-state index is 12.9. The van der Waals surface area contributed by atoms with Gasteiger partial charge in [-0.25, -0.2) is 4.98 Å². The van der Waals surface area contributed by atoms with E-state index < -0.39 is 0 Å². The number of rotatable bonds is 6. The van der Waals surface area contributed by atoms with E-state index >= 15 is 0 Å². The lowest BCUT2D eigenvalue weighted by Crippen LogP contribution is -2.32. The number of aromatic nitrogens is 2. The van der Waals surface area contributed by atoms with Crippen LogP contribution in [0.4, 0.5) is 0 Å². The summed E-state index contributed by atoms with van der Waals surface area (Å²) in [7, 11) is 0. The number of hydrogen-bond acceptors (Lipinski definition) is 4. The van der Waals surface area contributed by atoms with Crippen molar-refractivity contribution < 1.29 is 4.79 Å². The highest BCUT2D eigenvalue weighted by molar-refractivity contribution is 7.99. The molecule has 0 bridgehead atoms. The number of aryl methyl sites for hydroxylation is 1. The standard InChI is InChI=1S/C23H22ClN3O2S/c1-2-12-27-22(29)18-13-16(24)10-11-20(18)26-23(27)30-14-21(28)25-19-9-5-7-15-6-3-4-8-17(15)19/h2-4,6,8,10-11,13,19H,1,5,7,9,12,14H2,(H,25,28). The van der Waals surface area contributed by atoms with E-state index in [1.165, 1.54) is 27.5 Å². The molecular formula is C23H22ClN3O2S. The van der Waals surface area contributed by atoms with Gasteiger partial charge in [-0.15, -0.1) is 6.58 Å². The number of nitrogens with one attached hydrogen (secondary N) is 1. The molecule has 1 aromatic heterocycles. The van der Waals surface area contributed by atoms with E-state index in [9.17, 15) is 9.59 Å². The summed E-state index contributed by atoms with van der Waals surface area (Å²) in [5.41, 5.74) is 2.88. The van der Waals surface area contributed by atoms with Crippen molar-refractivity contribution in [1.29, 1.82) is 0 Å². The number of carbonyl (C=O) groups is 1. The van der Waals surface area contributed by atoms with E-state index in [4.69, 9.17) is 11.6 Å². The van der Waals surface area contributed by atoms with E-state index in [-0.39, 0.29) is 23.3 Å². The van der Waals surface area contributed by atoms with Gasteiger partial charge in [-0.05, 0) is 48.6 Å². The van der Waals surface area contributed by atoms with Crippen LogP contribution in [0.25, 0.3) is 10.9 Å². The predicted octanol–water partition coefficient (Wildman–Crippen LogP) is 4.52. The minimum atomic E-state index is -0.188. The van der Waals surface area contributed by atoms with Gasteiger partial charge in [0.2, 0.25) is 5.91 Å². The number of fused-ring (bicyclic) bond motifs is 2. The zero-order valence-corrected chi connectivity index (χ0v) is 18.0. The molecule has 0 spiro atoms. The van der Waals surface area contributed by atoms with Crippen molar-refractivity contribution in [2.75, 3.05) is 5.75 Å². The molecule has 1 heterocycles. The first-order valence-electron chi connectivity index (χ1n) is 9.88. The molecule has 4 rings (SSSR count). The Bertz CT molecular complexity index is 1170. The molecule has 7 heteroatoms. The van der Waals surface area contributed by atoms with Crippen molar-refractivity contribution in [1.82, 2.24) is 14.9 Å². The van der Waals surface area contributed by atoms with Gasteiger partial charge < -0.3 is 5.32 Å². The van der Waals surface area contributed by atoms with Crippen molar-refractivity contribution in [2.45, 2.75) is 37.0 Å². The van der Waals surface area contributed by atoms with Gasteiger partial charge in [0, 0.05) is 11.6 Å². The zero-order chi connectivity index (χ0) is 21.1. The van der Waals surface area contributed by atoms with Crippen LogP contribution in [-0.4, -0.2) is 21.2 Å². The highest BCUT2D eigenvalue weighted by Crippen LogP contribution is 2.29. The van der Waals surface area contributed by atoms with Crippen molar-refractivity contribution in [3.8, 4) is 0 Å². The van der Waals surface area contributed by atoms with Gasteiger partial charge in [0.1, 0.15) is 0 Å². The summed E-state index contributed by atoms with van der Waals surface area (Å²) in [5, 5.41) is 4.58. The second-order valence-electron chi connectivity index (χ2n) is 7.26. The highest BCUT2D eigenvalue weighted by atomic mass is 35.5. The molecule has 30 heavy (non-hydrogen) atoms. The third kappa shape index (κ3) is 4.30. The van der Waals surface area contributed by atoms with E-state index in [0.29, 0.717) is 27.6 Å². The summed E-state index contributed by atoms with van der Waals surface area (Å²) in [4.78, 5) is 30.2. The molecule has 2 aromatic carbocycles. The molecule has 1 unspecified atom stereocenters. The first-order valence-corrected chi connectivity index (χ1v) is 11.2. The minimum absolute atomic E-state index is 0.0325.